The third-order valence-corrected chi connectivity index (χ3v) is 6.02. The number of hydrogen-bond donors (Lipinski definition) is 3. The highest BCUT2D eigenvalue weighted by molar-refractivity contribution is 14.0. The molecule has 0 amide bonds. The molecule has 0 aliphatic rings. The number of rotatable bonds is 9. The Morgan fingerprint density at radius 3 is 2.37 bits per heavy atom. The van der Waals surface area contributed by atoms with E-state index in [-0.39, 0.29) is 28.9 Å². The van der Waals surface area contributed by atoms with Gasteiger partial charge in [-0.1, -0.05) is 18.2 Å². The zero-order valence-corrected chi connectivity index (χ0v) is 20.2. The van der Waals surface area contributed by atoms with Crippen molar-refractivity contribution in [3.63, 3.8) is 0 Å². The number of hydrogen-bond acceptors (Lipinski definition) is 5. The second-order valence-corrected chi connectivity index (χ2v) is 8.96. The van der Waals surface area contributed by atoms with Crippen LogP contribution in [-0.2, 0) is 29.4 Å². The molecule has 4 N–H and O–H groups in total. The van der Waals surface area contributed by atoms with Crippen LogP contribution in [0.1, 0.15) is 16.2 Å². The highest BCUT2D eigenvalue weighted by Gasteiger charge is 2.07. The summed E-state index contributed by atoms with van der Waals surface area (Å²) in [4.78, 5) is 6.01. The van der Waals surface area contributed by atoms with Gasteiger partial charge in [-0.15, -0.1) is 35.3 Å². The van der Waals surface area contributed by atoms with Crippen LogP contribution >= 0.6 is 35.3 Å². The van der Waals surface area contributed by atoms with E-state index in [0.717, 1.165) is 30.7 Å². The van der Waals surface area contributed by atoms with E-state index in [1.807, 2.05) is 18.2 Å². The minimum atomic E-state index is -3.69. The lowest BCUT2D eigenvalue weighted by molar-refractivity contribution is 0.506. The molecular weight excluding hydrogens is 535 g/mol. The van der Waals surface area contributed by atoms with Gasteiger partial charge in [0, 0.05) is 24.4 Å². The summed E-state index contributed by atoms with van der Waals surface area (Å²) in [5, 5.41) is 13.9. The van der Waals surface area contributed by atoms with Gasteiger partial charge in [0.1, 0.15) is 5.76 Å². The van der Waals surface area contributed by atoms with E-state index in [1.165, 1.54) is 17.0 Å². The summed E-state index contributed by atoms with van der Waals surface area (Å²) < 4.78 is 28.1. The molecule has 3 rings (SSSR count). The number of nitrogens with two attached hydrogens (primary N) is 1. The van der Waals surface area contributed by atoms with Gasteiger partial charge in [0.05, 0.1) is 17.7 Å². The van der Waals surface area contributed by atoms with Crippen molar-refractivity contribution in [2.24, 2.45) is 10.1 Å². The number of benzene rings is 1. The van der Waals surface area contributed by atoms with Crippen LogP contribution in [0.4, 0.5) is 0 Å². The molecule has 0 fully saturated rings. The molecule has 2 heterocycles. The van der Waals surface area contributed by atoms with E-state index < -0.39 is 10.0 Å². The maximum atomic E-state index is 11.4. The highest BCUT2D eigenvalue weighted by atomic mass is 127. The number of sulfonamides is 1. The summed E-state index contributed by atoms with van der Waals surface area (Å²) in [6, 6.07) is 14.4. The van der Waals surface area contributed by atoms with Gasteiger partial charge in [-0.25, -0.2) is 18.5 Å². The molecule has 0 atom stereocenters. The Hall–Kier alpha value is -1.89. The van der Waals surface area contributed by atoms with Gasteiger partial charge < -0.3 is 15.1 Å². The van der Waals surface area contributed by atoms with Crippen molar-refractivity contribution < 1.29 is 12.8 Å². The summed E-state index contributed by atoms with van der Waals surface area (Å²) in [7, 11) is -3.69. The Morgan fingerprint density at radius 1 is 1.03 bits per heavy atom. The molecule has 10 heteroatoms. The lowest BCUT2D eigenvalue weighted by Gasteiger charge is -2.12. The van der Waals surface area contributed by atoms with Crippen molar-refractivity contribution in [1.82, 2.24) is 10.6 Å². The maximum Gasteiger partial charge on any atom is 0.238 e. The molecule has 3 aromatic rings. The van der Waals surface area contributed by atoms with Crippen molar-refractivity contribution in [2.75, 3.05) is 13.1 Å². The molecular formula is C20H25IN4O3S2. The van der Waals surface area contributed by atoms with E-state index in [1.54, 1.807) is 29.7 Å². The molecule has 1 aromatic carbocycles. The van der Waals surface area contributed by atoms with Gasteiger partial charge in [0.2, 0.25) is 10.0 Å². The fourth-order valence-electron chi connectivity index (χ4n) is 2.65. The Morgan fingerprint density at radius 2 is 1.77 bits per heavy atom. The SMILES string of the molecule is I.NS(=O)(=O)c1ccc(CN=C(NCCc2ccco2)NCCc2cccs2)cc1. The van der Waals surface area contributed by atoms with Crippen LogP contribution in [-0.4, -0.2) is 27.5 Å². The Balaban J connectivity index is 0.00000320. The summed E-state index contributed by atoms with van der Waals surface area (Å²) in [5.74, 6) is 1.61. The fraction of sp³-hybridized carbons (Fsp3) is 0.250. The average molecular weight is 560 g/mol. The van der Waals surface area contributed by atoms with Crippen molar-refractivity contribution in [3.8, 4) is 0 Å². The van der Waals surface area contributed by atoms with E-state index in [2.05, 4.69) is 27.1 Å². The number of nitrogens with one attached hydrogen (secondary N) is 2. The molecule has 0 spiro atoms. The molecule has 162 valence electrons. The first-order chi connectivity index (χ1) is 14.0. The number of primary sulfonamides is 1. The molecule has 0 aliphatic heterocycles. The molecule has 0 saturated carbocycles. The number of thiophene rings is 1. The Bertz CT molecular complexity index is 961. The van der Waals surface area contributed by atoms with E-state index in [0.29, 0.717) is 19.0 Å². The number of halogens is 1. The Labute approximate surface area is 197 Å². The number of guanidine groups is 1. The third kappa shape index (κ3) is 8.09. The van der Waals surface area contributed by atoms with Gasteiger partial charge in [0.25, 0.3) is 0 Å². The van der Waals surface area contributed by atoms with Crippen molar-refractivity contribution in [3.05, 3.63) is 76.4 Å². The lowest BCUT2D eigenvalue weighted by atomic mass is 10.2. The number of aliphatic imine (C=N–C) groups is 1. The van der Waals surface area contributed by atoms with E-state index in [9.17, 15) is 8.42 Å². The maximum absolute atomic E-state index is 11.4. The minimum absolute atomic E-state index is 0. The number of nitrogens with zero attached hydrogens (tertiary/aromatic N) is 1. The second kappa shape index (κ2) is 12.1. The second-order valence-electron chi connectivity index (χ2n) is 6.37. The quantitative estimate of drug-likeness (QED) is 0.212. The van der Waals surface area contributed by atoms with E-state index in [4.69, 9.17) is 9.56 Å². The van der Waals surface area contributed by atoms with E-state index >= 15 is 0 Å². The lowest BCUT2D eigenvalue weighted by Crippen LogP contribution is -2.39. The normalized spacial score (nSPS) is 11.7. The molecule has 30 heavy (non-hydrogen) atoms. The zero-order chi connectivity index (χ0) is 20.5. The Kier molecular flexibility index (Phi) is 9.82. The molecule has 7 nitrogen and oxygen atoms in total. The van der Waals surface area contributed by atoms with Gasteiger partial charge >= 0.3 is 0 Å². The first kappa shape index (κ1) is 24.4. The summed E-state index contributed by atoms with van der Waals surface area (Å²) in [6.07, 6.45) is 3.33. The van der Waals surface area contributed by atoms with Crippen LogP contribution in [0, 0.1) is 0 Å². The topological polar surface area (TPSA) is 110 Å². The smallest absolute Gasteiger partial charge is 0.238 e. The van der Waals surface area contributed by atoms with Crippen LogP contribution in [0.3, 0.4) is 0 Å². The average Bonchev–Trinajstić information content (AvgIpc) is 3.39. The van der Waals surface area contributed by atoms with Crippen molar-refractivity contribution in [1.29, 1.82) is 0 Å². The monoisotopic (exact) mass is 560 g/mol. The molecule has 0 unspecified atom stereocenters. The standard InChI is InChI=1S/C20H24N4O3S2.HI/c21-29(25,26)19-7-5-16(6-8-19)15-24-20(22-11-9-17-3-1-13-27-17)23-12-10-18-4-2-14-28-18;/h1-8,13-14H,9-12,15H2,(H2,21,25,26)(H2,22,23,24);1H. The van der Waals surface area contributed by atoms with Crippen molar-refractivity contribution in [2.45, 2.75) is 24.3 Å². The summed E-state index contributed by atoms with van der Waals surface area (Å²) >= 11 is 1.73. The molecule has 0 aliphatic carbocycles. The molecule has 2 aromatic heterocycles. The zero-order valence-electron chi connectivity index (χ0n) is 16.3. The summed E-state index contributed by atoms with van der Waals surface area (Å²) in [5.41, 5.74) is 0.891. The van der Waals surface area contributed by atoms with Crippen LogP contribution < -0.4 is 15.8 Å². The first-order valence-corrected chi connectivity index (χ1v) is 11.6. The van der Waals surface area contributed by atoms with Crippen LogP contribution in [0.15, 0.2) is 74.5 Å². The van der Waals surface area contributed by atoms with Crippen LogP contribution in [0.25, 0.3) is 0 Å². The van der Waals surface area contributed by atoms with Gasteiger partial charge in [-0.3, -0.25) is 0 Å². The first-order valence-electron chi connectivity index (χ1n) is 9.19. The predicted molar refractivity (Wildman–Crippen MR) is 131 cm³/mol. The van der Waals surface area contributed by atoms with Gasteiger partial charge in [-0.2, -0.15) is 0 Å². The minimum Gasteiger partial charge on any atom is -0.469 e. The third-order valence-electron chi connectivity index (χ3n) is 4.16. The molecule has 0 bridgehead atoms. The van der Waals surface area contributed by atoms with Crippen molar-refractivity contribution >= 4 is 51.3 Å². The van der Waals surface area contributed by atoms with Crippen LogP contribution in [0.2, 0.25) is 0 Å². The molecule has 0 radical (unpaired) electrons. The highest BCUT2D eigenvalue weighted by Crippen LogP contribution is 2.10. The van der Waals surface area contributed by atoms with Crippen LogP contribution in [0.5, 0.6) is 0 Å². The summed E-state index contributed by atoms with van der Waals surface area (Å²) in [6.45, 7) is 1.86. The fourth-order valence-corrected chi connectivity index (χ4v) is 3.87. The van der Waals surface area contributed by atoms with Gasteiger partial charge in [0.15, 0.2) is 5.96 Å². The molecule has 0 saturated heterocycles. The number of furan rings is 1. The predicted octanol–water partition coefficient (Wildman–Crippen LogP) is 3.13. The van der Waals surface area contributed by atoms with Gasteiger partial charge in [-0.05, 0) is 47.7 Å². The largest absolute Gasteiger partial charge is 0.469 e.